The van der Waals surface area contributed by atoms with Gasteiger partial charge in [-0.25, -0.2) is 0 Å². The Labute approximate surface area is 41.6 Å². The molecule has 1 fully saturated rings. The molecule has 0 atom stereocenters. The fourth-order valence-corrected chi connectivity index (χ4v) is 0.531. The Balaban J connectivity index is 2.41. The molecule has 40 valence electrons. The van der Waals surface area contributed by atoms with Crippen molar-refractivity contribution in [2.45, 2.75) is 6.42 Å². The van der Waals surface area contributed by atoms with Crippen LogP contribution in [0, 0.1) is 0 Å². The normalized spacial score (nSPS) is 26.6. The van der Waals surface area contributed by atoms with Crippen LogP contribution in [0.1, 0.15) is 6.42 Å². The highest BCUT2D eigenvalue weighted by molar-refractivity contribution is 5.86. The van der Waals surface area contributed by atoms with Crippen LogP contribution in [0.3, 0.4) is 0 Å². The van der Waals surface area contributed by atoms with E-state index >= 15 is 0 Å². The quantitative estimate of drug-likeness (QED) is 0.350. The van der Waals surface area contributed by atoms with Crippen molar-refractivity contribution in [2.24, 2.45) is 5.16 Å². The van der Waals surface area contributed by atoms with Crippen molar-refractivity contribution in [3.05, 3.63) is 0 Å². The van der Waals surface area contributed by atoms with Gasteiger partial charge in [-0.3, -0.25) is 0 Å². The molecule has 1 heterocycles. The Bertz CT molecular complexity index is 81.7. The third kappa shape index (κ3) is 0.899. The standard InChI is InChI=1S/C4H7NO2/c6-5-4-1-2-7-3-4/h6H,1-3H2. The van der Waals surface area contributed by atoms with E-state index in [2.05, 4.69) is 5.16 Å². The molecule has 3 heteroatoms. The highest BCUT2D eigenvalue weighted by Crippen LogP contribution is 1.97. The molecule has 1 aliphatic rings. The van der Waals surface area contributed by atoms with E-state index in [4.69, 9.17) is 9.94 Å². The molecule has 1 saturated heterocycles. The predicted molar refractivity (Wildman–Crippen MR) is 24.7 cm³/mol. The third-order valence-corrected chi connectivity index (χ3v) is 0.945. The van der Waals surface area contributed by atoms with E-state index in [1.54, 1.807) is 0 Å². The van der Waals surface area contributed by atoms with Gasteiger partial charge in [0.15, 0.2) is 0 Å². The molecule has 0 aromatic carbocycles. The van der Waals surface area contributed by atoms with E-state index in [9.17, 15) is 0 Å². The van der Waals surface area contributed by atoms with Crippen molar-refractivity contribution in [3.63, 3.8) is 0 Å². The Morgan fingerprint density at radius 1 is 1.71 bits per heavy atom. The lowest BCUT2D eigenvalue weighted by Crippen LogP contribution is -1.93. The van der Waals surface area contributed by atoms with Gasteiger partial charge in [0.25, 0.3) is 0 Å². The minimum absolute atomic E-state index is 0.510. The average Bonchev–Trinajstić information content (AvgIpc) is 2.14. The third-order valence-electron chi connectivity index (χ3n) is 0.945. The average molecular weight is 101 g/mol. The molecule has 0 aromatic rings. The molecule has 1 rings (SSSR count). The minimum Gasteiger partial charge on any atom is -0.411 e. The van der Waals surface area contributed by atoms with E-state index in [1.165, 1.54) is 0 Å². The van der Waals surface area contributed by atoms with Crippen molar-refractivity contribution in [3.8, 4) is 0 Å². The lowest BCUT2D eigenvalue weighted by molar-refractivity contribution is 0.207. The van der Waals surface area contributed by atoms with Gasteiger partial charge in [-0.15, -0.1) is 0 Å². The Morgan fingerprint density at radius 2 is 2.57 bits per heavy atom. The van der Waals surface area contributed by atoms with Gasteiger partial charge >= 0.3 is 0 Å². The van der Waals surface area contributed by atoms with Crippen molar-refractivity contribution >= 4 is 5.71 Å². The van der Waals surface area contributed by atoms with Crippen molar-refractivity contribution < 1.29 is 9.94 Å². The summed E-state index contributed by atoms with van der Waals surface area (Å²) in [5.41, 5.74) is 0.750. The lowest BCUT2D eigenvalue weighted by atomic mass is 10.3. The van der Waals surface area contributed by atoms with Gasteiger partial charge < -0.3 is 9.94 Å². The monoisotopic (exact) mass is 101 g/mol. The Kier molecular flexibility index (Phi) is 1.26. The van der Waals surface area contributed by atoms with Crippen LogP contribution >= 0.6 is 0 Å². The molecule has 0 aliphatic carbocycles. The topological polar surface area (TPSA) is 41.8 Å². The van der Waals surface area contributed by atoms with Crippen LogP contribution in [0.4, 0.5) is 0 Å². The zero-order chi connectivity index (χ0) is 5.11. The second-order valence-corrected chi connectivity index (χ2v) is 1.47. The highest BCUT2D eigenvalue weighted by atomic mass is 16.5. The first-order chi connectivity index (χ1) is 3.43. The van der Waals surface area contributed by atoms with Gasteiger partial charge in [0.1, 0.15) is 0 Å². The maximum atomic E-state index is 8.07. The molecule has 7 heavy (non-hydrogen) atoms. The number of hydrogen-bond acceptors (Lipinski definition) is 3. The van der Waals surface area contributed by atoms with Crippen molar-refractivity contribution in [2.75, 3.05) is 13.2 Å². The van der Waals surface area contributed by atoms with Gasteiger partial charge in [-0.2, -0.15) is 0 Å². The van der Waals surface area contributed by atoms with Crippen LogP contribution in [0.25, 0.3) is 0 Å². The summed E-state index contributed by atoms with van der Waals surface area (Å²) in [6.07, 6.45) is 0.788. The molecule has 0 spiro atoms. The van der Waals surface area contributed by atoms with Crippen LogP contribution in [0.5, 0.6) is 0 Å². The molecule has 1 aliphatic heterocycles. The molecule has 0 amide bonds. The van der Waals surface area contributed by atoms with E-state index in [0.29, 0.717) is 13.2 Å². The maximum absolute atomic E-state index is 8.07. The molecular formula is C4H7NO2. The fraction of sp³-hybridized carbons (Fsp3) is 0.750. The molecule has 0 saturated carbocycles. The number of ether oxygens (including phenoxy) is 1. The predicted octanol–water partition coefficient (Wildman–Crippen LogP) is 0.237. The van der Waals surface area contributed by atoms with Crippen LogP contribution in [0.15, 0.2) is 5.16 Å². The number of rotatable bonds is 0. The van der Waals surface area contributed by atoms with Gasteiger partial charge in [0.05, 0.1) is 18.9 Å². The first-order valence-corrected chi connectivity index (χ1v) is 2.21. The molecule has 0 bridgehead atoms. The summed E-state index contributed by atoms with van der Waals surface area (Å²) in [7, 11) is 0. The van der Waals surface area contributed by atoms with Crippen LogP contribution < -0.4 is 0 Å². The molecule has 1 N–H and O–H groups in total. The van der Waals surface area contributed by atoms with Crippen LogP contribution in [-0.4, -0.2) is 24.1 Å². The molecule has 0 unspecified atom stereocenters. The van der Waals surface area contributed by atoms with E-state index in [0.717, 1.165) is 12.1 Å². The Hall–Kier alpha value is -0.570. The van der Waals surface area contributed by atoms with E-state index < -0.39 is 0 Å². The van der Waals surface area contributed by atoms with Gasteiger partial charge in [-0.05, 0) is 0 Å². The first kappa shape index (κ1) is 4.59. The lowest BCUT2D eigenvalue weighted by Gasteiger charge is -1.81. The summed E-state index contributed by atoms with van der Waals surface area (Å²) in [5, 5.41) is 11.1. The van der Waals surface area contributed by atoms with Crippen molar-refractivity contribution in [1.29, 1.82) is 0 Å². The summed E-state index contributed by atoms with van der Waals surface area (Å²) in [5.74, 6) is 0. The van der Waals surface area contributed by atoms with Gasteiger partial charge in [-0.1, -0.05) is 5.16 Å². The van der Waals surface area contributed by atoms with Gasteiger partial charge in [0, 0.05) is 6.42 Å². The number of hydrogen-bond donors (Lipinski definition) is 1. The Morgan fingerprint density at radius 3 is 2.86 bits per heavy atom. The number of nitrogens with zero attached hydrogens (tertiary/aromatic N) is 1. The van der Waals surface area contributed by atoms with Gasteiger partial charge in [0.2, 0.25) is 0 Å². The second-order valence-electron chi connectivity index (χ2n) is 1.47. The minimum atomic E-state index is 0.510. The fourth-order valence-electron chi connectivity index (χ4n) is 0.531. The summed E-state index contributed by atoms with van der Waals surface area (Å²) in [6.45, 7) is 1.22. The van der Waals surface area contributed by atoms with Crippen LogP contribution in [-0.2, 0) is 4.74 Å². The highest BCUT2D eigenvalue weighted by Gasteiger charge is 2.06. The van der Waals surface area contributed by atoms with E-state index in [1.807, 2.05) is 0 Å². The molecule has 0 radical (unpaired) electrons. The zero-order valence-electron chi connectivity index (χ0n) is 3.92. The SMILES string of the molecule is ON=C1CCOC1. The summed E-state index contributed by atoms with van der Waals surface area (Å²) < 4.78 is 4.86. The zero-order valence-corrected chi connectivity index (χ0v) is 3.92. The summed E-state index contributed by atoms with van der Waals surface area (Å²) in [6, 6.07) is 0. The second kappa shape index (κ2) is 1.93. The maximum Gasteiger partial charge on any atom is 0.0882 e. The summed E-state index contributed by atoms with van der Waals surface area (Å²) >= 11 is 0. The van der Waals surface area contributed by atoms with Crippen LogP contribution in [0.2, 0.25) is 0 Å². The molecule has 0 aromatic heterocycles. The van der Waals surface area contributed by atoms with E-state index in [-0.39, 0.29) is 0 Å². The summed E-state index contributed by atoms with van der Waals surface area (Å²) in [4.78, 5) is 0. The first-order valence-electron chi connectivity index (χ1n) is 2.21. The molecule has 3 nitrogen and oxygen atoms in total. The molecular weight excluding hydrogens is 94.0 g/mol. The number of oxime groups is 1. The van der Waals surface area contributed by atoms with Crippen molar-refractivity contribution in [1.82, 2.24) is 0 Å². The smallest absolute Gasteiger partial charge is 0.0882 e. The largest absolute Gasteiger partial charge is 0.411 e.